The lowest BCUT2D eigenvalue weighted by Gasteiger charge is -2.51. The molecule has 0 radical (unpaired) electrons. The number of unbranched alkanes of at least 4 members (excludes halogenated alkanes) is 1. The van der Waals surface area contributed by atoms with Crippen molar-refractivity contribution in [3.05, 3.63) is 65.7 Å². The van der Waals surface area contributed by atoms with Gasteiger partial charge in [-0.3, -0.25) is 4.79 Å². The average Bonchev–Trinajstić information content (AvgIpc) is 2.81. The van der Waals surface area contributed by atoms with Crippen LogP contribution in [0.25, 0.3) is 0 Å². The van der Waals surface area contributed by atoms with Gasteiger partial charge in [-0.1, -0.05) is 69.2 Å². The van der Waals surface area contributed by atoms with Crippen molar-refractivity contribution in [2.75, 3.05) is 6.54 Å². The molecule has 1 aliphatic rings. The maximum Gasteiger partial charge on any atom is 0.407 e. The summed E-state index contributed by atoms with van der Waals surface area (Å²) in [5.41, 5.74) is 0.774. The van der Waals surface area contributed by atoms with Crippen molar-refractivity contribution < 1.29 is 24.5 Å². The van der Waals surface area contributed by atoms with Crippen LogP contribution in [0.3, 0.4) is 0 Å². The summed E-state index contributed by atoms with van der Waals surface area (Å²) >= 11 is 0. The smallest absolute Gasteiger partial charge is 0.407 e. The Morgan fingerprint density at radius 3 is 2.47 bits per heavy atom. The summed E-state index contributed by atoms with van der Waals surface area (Å²) in [7, 11) is 0. The van der Waals surface area contributed by atoms with Crippen LogP contribution in [0.15, 0.2) is 54.6 Å². The van der Waals surface area contributed by atoms with E-state index in [9.17, 15) is 19.8 Å². The van der Waals surface area contributed by atoms with E-state index in [-0.39, 0.29) is 5.92 Å². The van der Waals surface area contributed by atoms with Crippen LogP contribution < -0.4 is 4.74 Å². The number of benzene rings is 2. The number of nitrogens with zero attached hydrogens (tertiary/aromatic N) is 1. The number of likely N-dealkylation sites (tertiary alicyclic amines) is 1. The van der Waals surface area contributed by atoms with E-state index in [1.54, 1.807) is 0 Å². The first-order chi connectivity index (χ1) is 15.4. The van der Waals surface area contributed by atoms with Crippen molar-refractivity contribution in [1.82, 2.24) is 4.90 Å². The number of ether oxygens (including phenoxy) is 1. The van der Waals surface area contributed by atoms with Gasteiger partial charge >= 0.3 is 12.1 Å². The Balaban J connectivity index is 1.94. The van der Waals surface area contributed by atoms with Crippen LogP contribution in [-0.4, -0.2) is 39.8 Å². The van der Waals surface area contributed by atoms with Crippen LogP contribution in [0.4, 0.5) is 4.79 Å². The van der Waals surface area contributed by atoms with Crippen molar-refractivity contribution in [2.45, 2.75) is 64.5 Å². The lowest BCUT2D eigenvalue weighted by Crippen LogP contribution is -2.60. The number of amides is 1. The molecule has 1 saturated heterocycles. The van der Waals surface area contributed by atoms with Crippen LogP contribution in [0.5, 0.6) is 5.75 Å². The third kappa shape index (κ3) is 4.74. The van der Waals surface area contributed by atoms with Crippen LogP contribution in [0.2, 0.25) is 0 Å². The molecule has 3 rings (SSSR count). The second-order valence-electron chi connectivity index (χ2n) is 8.52. The first kappa shape index (κ1) is 23.6. The highest BCUT2D eigenvalue weighted by Gasteiger charge is 2.56. The summed E-state index contributed by atoms with van der Waals surface area (Å²) in [6.07, 6.45) is 2.01. The number of hydrogen-bond donors (Lipinski definition) is 2. The van der Waals surface area contributed by atoms with Gasteiger partial charge in [0.05, 0.1) is 11.5 Å². The highest BCUT2D eigenvalue weighted by molar-refractivity contribution is 5.79. The largest absolute Gasteiger partial charge is 0.489 e. The summed E-state index contributed by atoms with van der Waals surface area (Å²) < 4.78 is 5.98. The predicted octanol–water partition coefficient (Wildman–Crippen LogP) is 5.77. The molecular weight excluding hydrogens is 406 g/mol. The maximum atomic E-state index is 12.8. The minimum absolute atomic E-state index is 0.289. The molecule has 1 amide bonds. The van der Waals surface area contributed by atoms with Crippen molar-refractivity contribution in [2.24, 2.45) is 5.41 Å². The molecule has 32 heavy (non-hydrogen) atoms. The normalized spacial score (nSPS) is 23.0. The van der Waals surface area contributed by atoms with Crippen molar-refractivity contribution in [3.8, 4) is 5.75 Å². The first-order valence-corrected chi connectivity index (χ1v) is 11.4. The summed E-state index contributed by atoms with van der Waals surface area (Å²) in [5, 5.41) is 20.3. The average molecular weight is 440 g/mol. The quantitative estimate of drug-likeness (QED) is 0.518. The van der Waals surface area contributed by atoms with Crippen molar-refractivity contribution >= 4 is 12.1 Å². The van der Waals surface area contributed by atoms with Crippen LogP contribution >= 0.6 is 0 Å². The minimum Gasteiger partial charge on any atom is -0.489 e. The molecule has 2 N–H and O–H groups in total. The van der Waals surface area contributed by atoms with E-state index in [0.29, 0.717) is 38.2 Å². The van der Waals surface area contributed by atoms with Gasteiger partial charge in [-0.15, -0.1) is 0 Å². The molecule has 0 aromatic heterocycles. The molecule has 2 aromatic rings. The Morgan fingerprint density at radius 1 is 1.09 bits per heavy atom. The molecule has 0 spiro atoms. The van der Waals surface area contributed by atoms with E-state index in [4.69, 9.17) is 4.74 Å². The Morgan fingerprint density at radius 2 is 1.84 bits per heavy atom. The minimum atomic E-state index is -1.18. The van der Waals surface area contributed by atoms with Crippen molar-refractivity contribution in [3.63, 3.8) is 0 Å². The summed E-state index contributed by atoms with van der Waals surface area (Å²) in [5.74, 6) is -0.525. The number of aliphatic carboxylic acids is 1. The molecule has 6 nitrogen and oxygen atoms in total. The van der Waals surface area contributed by atoms with Gasteiger partial charge in [0.25, 0.3) is 0 Å². The van der Waals surface area contributed by atoms with E-state index in [0.717, 1.165) is 24.0 Å². The lowest BCUT2D eigenvalue weighted by atomic mass is 9.60. The van der Waals surface area contributed by atoms with Gasteiger partial charge in [-0.25, -0.2) is 4.79 Å². The standard InChI is InChI=1S/C26H33NO5/c1-3-5-14-23-26(4-2,24(28)29)22(15-16-27(23)25(30)31)20-12-9-13-21(17-20)32-18-19-10-7-6-8-11-19/h6-13,17,22-23H,3-5,14-16,18H2,1-2H3,(H,28,29)(H,30,31). The van der Waals surface area contributed by atoms with E-state index < -0.39 is 23.5 Å². The van der Waals surface area contributed by atoms with E-state index in [1.807, 2.05) is 68.4 Å². The molecule has 3 atom stereocenters. The van der Waals surface area contributed by atoms with Gasteiger partial charge in [-0.2, -0.15) is 0 Å². The Kier molecular flexibility index (Phi) is 7.78. The molecule has 2 aromatic carbocycles. The zero-order chi connectivity index (χ0) is 23.1. The maximum absolute atomic E-state index is 12.8. The summed E-state index contributed by atoms with van der Waals surface area (Å²) in [6, 6.07) is 17.0. The third-order valence-corrected chi connectivity index (χ3v) is 6.82. The Hall–Kier alpha value is -3.02. The Bertz CT molecular complexity index is 915. The molecule has 6 heteroatoms. The monoisotopic (exact) mass is 439 g/mol. The molecule has 0 bridgehead atoms. The fourth-order valence-electron chi connectivity index (χ4n) is 5.18. The van der Waals surface area contributed by atoms with Crippen LogP contribution in [-0.2, 0) is 11.4 Å². The molecule has 1 aliphatic heterocycles. The Labute approximate surface area is 189 Å². The third-order valence-electron chi connectivity index (χ3n) is 6.82. The number of hydrogen-bond acceptors (Lipinski definition) is 3. The van der Waals surface area contributed by atoms with Gasteiger partial charge in [0.15, 0.2) is 0 Å². The highest BCUT2D eigenvalue weighted by Crippen LogP contribution is 2.51. The van der Waals surface area contributed by atoms with E-state index in [1.165, 1.54) is 4.90 Å². The molecule has 1 fully saturated rings. The van der Waals surface area contributed by atoms with Crippen LogP contribution in [0.1, 0.15) is 63.0 Å². The zero-order valence-electron chi connectivity index (χ0n) is 18.9. The number of rotatable bonds is 9. The molecule has 172 valence electrons. The van der Waals surface area contributed by atoms with Crippen LogP contribution in [0, 0.1) is 5.41 Å². The fraction of sp³-hybridized carbons (Fsp3) is 0.462. The number of carboxylic acids is 1. The molecule has 0 aliphatic carbocycles. The second-order valence-corrected chi connectivity index (χ2v) is 8.52. The summed E-state index contributed by atoms with van der Waals surface area (Å²) in [4.78, 5) is 26.1. The molecule has 3 unspecified atom stereocenters. The molecule has 1 heterocycles. The highest BCUT2D eigenvalue weighted by atomic mass is 16.5. The zero-order valence-corrected chi connectivity index (χ0v) is 18.9. The molecule has 0 saturated carbocycles. The topological polar surface area (TPSA) is 87.1 Å². The van der Waals surface area contributed by atoms with E-state index >= 15 is 0 Å². The first-order valence-electron chi connectivity index (χ1n) is 11.4. The number of carboxylic acid groups (broad SMARTS) is 2. The number of piperidine rings is 1. The molecular formula is C26H33NO5. The van der Waals surface area contributed by atoms with Gasteiger partial charge < -0.3 is 19.8 Å². The van der Waals surface area contributed by atoms with Gasteiger partial charge in [0.1, 0.15) is 12.4 Å². The van der Waals surface area contributed by atoms with Gasteiger partial charge in [0.2, 0.25) is 0 Å². The lowest BCUT2D eigenvalue weighted by molar-refractivity contribution is -0.159. The number of carbonyl (C=O) groups is 2. The van der Waals surface area contributed by atoms with Crippen molar-refractivity contribution in [1.29, 1.82) is 0 Å². The van der Waals surface area contributed by atoms with E-state index in [2.05, 4.69) is 0 Å². The second kappa shape index (κ2) is 10.5. The van der Waals surface area contributed by atoms with Gasteiger partial charge in [0, 0.05) is 12.5 Å². The van der Waals surface area contributed by atoms with Gasteiger partial charge in [-0.05, 0) is 42.5 Å². The SMILES string of the molecule is CCCCC1N(C(=O)O)CCC(c2cccc(OCc3ccccc3)c2)C1(CC)C(=O)O. The summed E-state index contributed by atoms with van der Waals surface area (Å²) in [6.45, 7) is 4.66. The fourth-order valence-corrected chi connectivity index (χ4v) is 5.18. The predicted molar refractivity (Wildman–Crippen MR) is 123 cm³/mol.